The molecule has 4 nitrogen and oxygen atoms in total. The monoisotopic (exact) mass is 405 g/mol. The first-order valence-corrected chi connectivity index (χ1v) is 8.90. The Labute approximate surface area is 165 Å². The smallest absolute Gasteiger partial charge is 0.351 e. The van der Waals surface area contributed by atoms with Crippen molar-refractivity contribution >= 4 is 28.9 Å². The minimum absolute atomic E-state index is 0.301. The van der Waals surface area contributed by atoms with Crippen molar-refractivity contribution in [3.63, 3.8) is 0 Å². The molecule has 0 radical (unpaired) electrons. The number of hydrogen-bond acceptors (Lipinski definition) is 2. The van der Waals surface area contributed by atoms with Crippen LogP contribution in [0.3, 0.4) is 0 Å². The third kappa shape index (κ3) is 4.17. The number of rotatable bonds is 3. The zero-order valence-electron chi connectivity index (χ0n) is 15.1. The second-order valence-electron chi connectivity index (χ2n) is 6.46. The van der Waals surface area contributed by atoms with Gasteiger partial charge in [0.1, 0.15) is 0 Å². The highest BCUT2D eigenvalue weighted by Gasteiger charge is 2.33. The fourth-order valence-electron chi connectivity index (χ4n) is 3.01. The lowest BCUT2D eigenvalue weighted by Crippen LogP contribution is -2.45. The number of carbonyl (C=O) groups is 1. The summed E-state index contributed by atoms with van der Waals surface area (Å²) >= 11 is 5.17. The molecule has 3 N–H and O–H groups in total. The highest BCUT2D eigenvalue weighted by molar-refractivity contribution is 7.80. The minimum Gasteiger partial charge on any atom is -0.351 e. The maximum atomic E-state index is 13.0. The van der Waals surface area contributed by atoms with Crippen molar-refractivity contribution in [1.82, 2.24) is 10.6 Å². The van der Waals surface area contributed by atoms with Gasteiger partial charge in [0.05, 0.1) is 17.2 Å². The molecule has 146 valence electrons. The lowest BCUT2D eigenvalue weighted by Gasteiger charge is -2.30. The number of anilines is 1. The van der Waals surface area contributed by atoms with Gasteiger partial charge < -0.3 is 16.0 Å². The summed E-state index contributed by atoms with van der Waals surface area (Å²) in [5, 5.41) is 9.04. The third-order valence-electron chi connectivity index (χ3n) is 4.48. The van der Waals surface area contributed by atoms with E-state index in [2.05, 4.69) is 16.0 Å². The van der Waals surface area contributed by atoms with E-state index in [1.54, 1.807) is 13.0 Å². The predicted molar refractivity (Wildman–Crippen MR) is 106 cm³/mol. The molecule has 0 spiro atoms. The Balaban J connectivity index is 1.95. The molecule has 1 heterocycles. The molecule has 1 amide bonds. The summed E-state index contributed by atoms with van der Waals surface area (Å²) in [5.41, 5.74) is 2.21. The van der Waals surface area contributed by atoms with E-state index < -0.39 is 17.8 Å². The second-order valence-corrected chi connectivity index (χ2v) is 6.87. The summed E-state index contributed by atoms with van der Waals surface area (Å²) in [6, 6.07) is 11.3. The van der Waals surface area contributed by atoms with Gasteiger partial charge in [0.2, 0.25) is 0 Å². The Morgan fingerprint density at radius 1 is 1.07 bits per heavy atom. The summed E-state index contributed by atoms with van der Waals surface area (Å²) in [6.45, 7) is 3.58. The number of amides is 1. The number of hydrogen-bond donors (Lipinski definition) is 3. The molecular weight excluding hydrogens is 387 g/mol. The topological polar surface area (TPSA) is 53.2 Å². The number of carbonyl (C=O) groups excluding carboxylic acids is 1. The summed E-state index contributed by atoms with van der Waals surface area (Å²) in [6.07, 6.45) is -4.42. The van der Waals surface area contributed by atoms with Crippen LogP contribution in [0.25, 0.3) is 0 Å². The first-order chi connectivity index (χ1) is 13.2. The molecule has 0 saturated heterocycles. The number of thiocarbonyl (C=S) groups is 1. The number of allylic oxidation sites excluding steroid dienone is 1. The van der Waals surface area contributed by atoms with Crippen LogP contribution in [0, 0.1) is 6.92 Å². The number of halogens is 3. The molecule has 28 heavy (non-hydrogen) atoms. The fourth-order valence-corrected chi connectivity index (χ4v) is 3.28. The molecule has 2 aromatic carbocycles. The predicted octanol–water partition coefficient (Wildman–Crippen LogP) is 4.45. The Bertz CT molecular complexity index is 952. The number of para-hydroxylation sites is 1. The molecule has 1 aliphatic heterocycles. The largest absolute Gasteiger partial charge is 0.416 e. The Morgan fingerprint density at radius 3 is 2.32 bits per heavy atom. The van der Waals surface area contributed by atoms with E-state index in [1.165, 1.54) is 12.1 Å². The average molecular weight is 405 g/mol. The molecule has 0 saturated carbocycles. The first-order valence-electron chi connectivity index (χ1n) is 8.49. The zero-order valence-corrected chi connectivity index (χ0v) is 16.0. The van der Waals surface area contributed by atoms with Crippen LogP contribution in [-0.2, 0) is 11.0 Å². The Hall–Kier alpha value is -2.87. The van der Waals surface area contributed by atoms with Gasteiger partial charge in [-0.1, -0.05) is 30.3 Å². The molecule has 1 atom stereocenters. The summed E-state index contributed by atoms with van der Waals surface area (Å²) in [4.78, 5) is 13.0. The van der Waals surface area contributed by atoms with E-state index in [0.29, 0.717) is 27.6 Å². The maximum Gasteiger partial charge on any atom is 0.416 e. The van der Waals surface area contributed by atoms with Gasteiger partial charge >= 0.3 is 6.18 Å². The Kier molecular flexibility index (Phi) is 5.42. The summed E-state index contributed by atoms with van der Waals surface area (Å²) in [5.74, 6) is -0.362. The highest BCUT2D eigenvalue weighted by Crippen LogP contribution is 2.32. The van der Waals surface area contributed by atoms with Crippen LogP contribution in [-0.4, -0.2) is 11.0 Å². The minimum atomic E-state index is -4.42. The van der Waals surface area contributed by atoms with E-state index in [4.69, 9.17) is 12.2 Å². The van der Waals surface area contributed by atoms with Crippen molar-refractivity contribution in [1.29, 1.82) is 0 Å². The van der Waals surface area contributed by atoms with Crippen LogP contribution in [0.15, 0.2) is 59.8 Å². The molecule has 3 rings (SSSR count). The van der Waals surface area contributed by atoms with Gasteiger partial charge in [-0.15, -0.1) is 0 Å². The van der Waals surface area contributed by atoms with Crippen LogP contribution in [0.2, 0.25) is 0 Å². The molecule has 0 aromatic heterocycles. The lowest BCUT2D eigenvalue weighted by molar-refractivity contribution is -0.137. The molecule has 0 aliphatic carbocycles. The lowest BCUT2D eigenvalue weighted by atomic mass is 9.94. The van der Waals surface area contributed by atoms with Crippen molar-refractivity contribution < 1.29 is 18.0 Å². The molecular formula is C20H18F3N3OS. The molecule has 0 unspecified atom stereocenters. The van der Waals surface area contributed by atoms with Gasteiger partial charge in [0, 0.05) is 11.4 Å². The summed E-state index contributed by atoms with van der Waals surface area (Å²) < 4.78 is 38.6. The van der Waals surface area contributed by atoms with E-state index in [-0.39, 0.29) is 5.91 Å². The van der Waals surface area contributed by atoms with Crippen LogP contribution >= 0.6 is 12.2 Å². The van der Waals surface area contributed by atoms with Crippen molar-refractivity contribution in [2.45, 2.75) is 26.1 Å². The van der Waals surface area contributed by atoms with Crippen LogP contribution in [0.5, 0.6) is 0 Å². The highest BCUT2D eigenvalue weighted by atomic mass is 32.1. The van der Waals surface area contributed by atoms with Gasteiger partial charge in [-0.05, 0) is 55.4 Å². The molecule has 2 aromatic rings. The third-order valence-corrected chi connectivity index (χ3v) is 4.70. The van der Waals surface area contributed by atoms with Gasteiger partial charge in [-0.2, -0.15) is 13.2 Å². The van der Waals surface area contributed by atoms with E-state index in [0.717, 1.165) is 17.7 Å². The quantitative estimate of drug-likeness (QED) is 0.661. The van der Waals surface area contributed by atoms with Gasteiger partial charge in [-0.3, -0.25) is 4.79 Å². The van der Waals surface area contributed by atoms with Crippen LogP contribution in [0.1, 0.15) is 29.7 Å². The van der Waals surface area contributed by atoms with Gasteiger partial charge in [-0.25, -0.2) is 0 Å². The van der Waals surface area contributed by atoms with Crippen LogP contribution < -0.4 is 16.0 Å². The van der Waals surface area contributed by atoms with E-state index in [1.807, 2.05) is 25.1 Å². The molecule has 0 fully saturated rings. The maximum absolute atomic E-state index is 13.0. The average Bonchev–Trinajstić information content (AvgIpc) is 2.62. The van der Waals surface area contributed by atoms with Crippen molar-refractivity contribution in [3.05, 3.63) is 76.5 Å². The number of benzene rings is 2. The van der Waals surface area contributed by atoms with E-state index in [9.17, 15) is 18.0 Å². The van der Waals surface area contributed by atoms with Gasteiger partial charge in [0.15, 0.2) is 5.11 Å². The van der Waals surface area contributed by atoms with E-state index >= 15 is 0 Å². The normalized spacial score (nSPS) is 17.0. The second kappa shape index (κ2) is 7.63. The first kappa shape index (κ1) is 19.9. The number of alkyl halides is 3. The Morgan fingerprint density at radius 2 is 1.71 bits per heavy atom. The SMILES string of the molecule is CC1=C(C(=O)Nc2ccccc2C)[C@H](c2ccc(C(F)(F)F)cc2)NC(=S)N1. The van der Waals surface area contributed by atoms with Gasteiger partial charge in [0.25, 0.3) is 5.91 Å². The van der Waals surface area contributed by atoms with Crippen molar-refractivity contribution in [3.8, 4) is 0 Å². The van der Waals surface area contributed by atoms with Crippen LogP contribution in [0.4, 0.5) is 18.9 Å². The molecule has 8 heteroatoms. The molecule has 1 aliphatic rings. The number of aryl methyl sites for hydroxylation is 1. The molecule has 0 bridgehead atoms. The fraction of sp³-hybridized carbons (Fsp3) is 0.200. The summed E-state index contributed by atoms with van der Waals surface area (Å²) in [7, 11) is 0. The van der Waals surface area contributed by atoms with Crippen molar-refractivity contribution in [2.24, 2.45) is 0 Å². The standard InChI is InChI=1S/C20H18F3N3OS/c1-11-5-3-4-6-15(11)25-18(27)16-12(2)24-19(28)26-17(16)13-7-9-14(10-8-13)20(21,22)23/h3-10,17H,1-2H3,(H,25,27)(H2,24,26,28)/t17-/m0/s1. The van der Waals surface area contributed by atoms with Crippen molar-refractivity contribution in [2.75, 3.05) is 5.32 Å². The number of nitrogens with one attached hydrogen (secondary N) is 3. The zero-order chi connectivity index (χ0) is 20.5.